The van der Waals surface area contributed by atoms with Crippen molar-refractivity contribution in [3.8, 4) is 0 Å². The van der Waals surface area contributed by atoms with Gasteiger partial charge < -0.3 is 0 Å². The molecular formula is C50H86. The molecule has 8 aliphatic carbocycles. The van der Waals surface area contributed by atoms with E-state index in [0.717, 1.165) is 94.7 Å². The average Bonchev–Trinajstić information content (AvgIpc) is 3.54. The molecule has 0 radical (unpaired) electrons. The predicted octanol–water partition coefficient (Wildman–Crippen LogP) is 14.9. The summed E-state index contributed by atoms with van der Waals surface area (Å²) in [5, 5.41) is 0. The van der Waals surface area contributed by atoms with E-state index in [4.69, 9.17) is 0 Å². The number of fused-ring (bicyclic) bond motifs is 13. The van der Waals surface area contributed by atoms with Gasteiger partial charge in [0, 0.05) is 0 Å². The largest absolute Gasteiger partial charge is 0.0649 e. The summed E-state index contributed by atoms with van der Waals surface area (Å²) in [5.41, 5.74) is 2.21. The fraction of sp³-hybridized carbons (Fsp3) is 1.00. The molecular weight excluding hydrogens is 601 g/mol. The maximum atomic E-state index is 2.84. The van der Waals surface area contributed by atoms with Gasteiger partial charge in [0.05, 0.1) is 0 Å². The first-order valence-electron chi connectivity index (χ1n) is 23.9. The minimum absolute atomic E-state index is 0.511. The minimum Gasteiger partial charge on any atom is -0.0649 e. The van der Waals surface area contributed by atoms with Gasteiger partial charge in [0.25, 0.3) is 0 Å². The molecule has 8 fully saturated rings. The van der Waals surface area contributed by atoms with E-state index in [9.17, 15) is 0 Å². The Balaban J connectivity index is 1.30. The van der Waals surface area contributed by atoms with Crippen LogP contribution in [-0.4, -0.2) is 0 Å². The topological polar surface area (TPSA) is 0 Å². The lowest BCUT2D eigenvalue weighted by Crippen LogP contribution is -2.51. The molecule has 0 heteroatoms. The van der Waals surface area contributed by atoms with Crippen molar-refractivity contribution in [1.82, 2.24) is 0 Å². The van der Waals surface area contributed by atoms with Gasteiger partial charge in [-0.15, -0.1) is 0 Å². The van der Waals surface area contributed by atoms with E-state index >= 15 is 0 Å². The van der Waals surface area contributed by atoms with Crippen LogP contribution < -0.4 is 0 Å². The van der Waals surface area contributed by atoms with Crippen molar-refractivity contribution in [2.75, 3.05) is 0 Å². The van der Waals surface area contributed by atoms with Crippen molar-refractivity contribution < 1.29 is 0 Å². The zero-order chi connectivity index (χ0) is 35.4. The van der Waals surface area contributed by atoms with Gasteiger partial charge in [-0.1, -0.05) is 127 Å². The molecule has 15 unspecified atom stereocenters. The summed E-state index contributed by atoms with van der Waals surface area (Å²) < 4.78 is 0. The average molecular weight is 687 g/mol. The third-order valence-electron chi connectivity index (χ3n) is 22.0. The standard InChI is InChI=1S/C50H86/c1-11-48(9,12-2)33-27-34(49(10,13-3)14-4)30-50(29-33)41-26-25-40-45(43-35-20-16-15-19-32(35)23-24-39(43)47(40,7)8)46(41)44-37-22-18-17-21-36(37)38(31(5)6)28-42(44)50/h31-46H,11-30H2,1-10H3. The maximum Gasteiger partial charge on any atom is -0.0229 e. The smallest absolute Gasteiger partial charge is 0.0229 e. The van der Waals surface area contributed by atoms with Crippen LogP contribution in [0.4, 0.5) is 0 Å². The molecule has 286 valence electrons. The first-order valence-corrected chi connectivity index (χ1v) is 23.9. The summed E-state index contributed by atoms with van der Waals surface area (Å²) in [6, 6.07) is 0. The van der Waals surface area contributed by atoms with Crippen molar-refractivity contribution in [2.45, 2.75) is 198 Å². The summed E-state index contributed by atoms with van der Waals surface area (Å²) >= 11 is 0. The van der Waals surface area contributed by atoms with Crippen molar-refractivity contribution in [3.63, 3.8) is 0 Å². The van der Waals surface area contributed by atoms with Crippen LogP contribution in [0.15, 0.2) is 0 Å². The highest BCUT2D eigenvalue weighted by Gasteiger charge is 2.73. The molecule has 0 bridgehead atoms. The molecule has 8 saturated carbocycles. The Bertz CT molecular complexity index is 1150. The molecule has 15 atom stereocenters. The van der Waals surface area contributed by atoms with E-state index in [2.05, 4.69) is 69.2 Å². The van der Waals surface area contributed by atoms with Gasteiger partial charge in [-0.2, -0.15) is 0 Å². The second kappa shape index (κ2) is 13.3. The Morgan fingerprint density at radius 2 is 1.00 bits per heavy atom. The second-order valence-corrected chi connectivity index (χ2v) is 23.2. The molecule has 50 heavy (non-hydrogen) atoms. The van der Waals surface area contributed by atoms with Crippen molar-refractivity contribution in [1.29, 1.82) is 0 Å². The molecule has 1 spiro atoms. The SMILES string of the molecule is CCC(C)(CC)C1CC(C(C)(CC)CC)CC2(C1)C1CC(C(C)C)C3CCCCC3C1C1C3C4C5CCCCC5CCC4C(C)(C)C3CCC12. The van der Waals surface area contributed by atoms with Gasteiger partial charge >= 0.3 is 0 Å². The highest BCUT2D eigenvalue weighted by Crippen LogP contribution is 2.79. The van der Waals surface area contributed by atoms with Crippen LogP contribution in [0.1, 0.15) is 198 Å². The van der Waals surface area contributed by atoms with Crippen LogP contribution >= 0.6 is 0 Å². The van der Waals surface area contributed by atoms with Crippen molar-refractivity contribution in [2.24, 2.45) is 116 Å². The van der Waals surface area contributed by atoms with E-state index in [1.54, 1.807) is 96.3 Å². The van der Waals surface area contributed by atoms with Crippen LogP contribution in [0, 0.1) is 116 Å². The van der Waals surface area contributed by atoms with Gasteiger partial charge in [0.15, 0.2) is 0 Å². The second-order valence-electron chi connectivity index (χ2n) is 23.2. The zero-order valence-electron chi connectivity index (χ0n) is 35.4. The molecule has 0 aromatic carbocycles. The van der Waals surface area contributed by atoms with Gasteiger partial charge in [-0.3, -0.25) is 0 Å². The molecule has 0 heterocycles. The van der Waals surface area contributed by atoms with Crippen LogP contribution in [0.3, 0.4) is 0 Å². The highest BCUT2D eigenvalue weighted by atomic mass is 14.8. The zero-order valence-corrected chi connectivity index (χ0v) is 35.4. The van der Waals surface area contributed by atoms with Gasteiger partial charge in [0.1, 0.15) is 0 Å². The minimum atomic E-state index is 0.511. The van der Waals surface area contributed by atoms with E-state index < -0.39 is 0 Å². The summed E-state index contributed by atoms with van der Waals surface area (Å²) in [5.74, 6) is 16.4. The fourth-order valence-corrected chi connectivity index (χ4v) is 18.7. The van der Waals surface area contributed by atoms with Gasteiger partial charge in [-0.25, -0.2) is 0 Å². The monoisotopic (exact) mass is 687 g/mol. The van der Waals surface area contributed by atoms with Crippen molar-refractivity contribution in [3.05, 3.63) is 0 Å². The molecule has 0 N–H and O–H groups in total. The number of rotatable bonds is 7. The Labute approximate surface area is 313 Å². The normalized spacial score (nSPS) is 49.9. The van der Waals surface area contributed by atoms with E-state index in [1.807, 2.05) is 0 Å². The Morgan fingerprint density at radius 1 is 0.520 bits per heavy atom. The maximum absolute atomic E-state index is 2.84. The van der Waals surface area contributed by atoms with Crippen LogP contribution in [0.5, 0.6) is 0 Å². The first-order chi connectivity index (χ1) is 23.9. The molecule has 0 nitrogen and oxygen atoms in total. The Kier molecular flexibility index (Phi) is 9.86. The highest BCUT2D eigenvalue weighted by molar-refractivity contribution is 5.21. The molecule has 0 aromatic rings. The van der Waals surface area contributed by atoms with E-state index in [0.29, 0.717) is 21.7 Å². The summed E-state index contributed by atoms with van der Waals surface area (Å²) in [6.45, 7) is 26.9. The summed E-state index contributed by atoms with van der Waals surface area (Å²) in [7, 11) is 0. The lowest BCUT2D eigenvalue weighted by atomic mass is 9.45. The number of hydrogen-bond donors (Lipinski definition) is 0. The molecule has 0 aromatic heterocycles. The molecule has 8 aliphatic rings. The molecule has 0 amide bonds. The molecule has 0 aliphatic heterocycles. The summed E-state index contributed by atoms with van der Waals surface area (Å²) in [4.78, 5) is 0. The summed E-state index contributed by atoms with van der Waals surface area (Å²) in [6.07, 6.45) is 30.9. The first kappa shape index (κ1) is 36.9. The number of hydrogen-bond acceptors (Lipinski definition) is 0. The van der Waals surface area contributed by atoms with Crippen LogP contribution in [0.25, 0.3) is 0 Å². The quantitative estimate of drug-likeness (QED) is 0.250. The Hall–Kier alpha value is 0. The van der Waals surface area contributed by atoms with Gasteiger partial charge in [-0.05, 0) is 187 Å². The van der Waals surface area contributed by atoms with Crippen LogP contribution in [0.2, 0.25) is 0 Å². The third kappa shape index (κ3) is 5.26. The van der Waals surface area contributed by atoms with E-state index in [1.165, 1.54) is 32.1 Å². The fourth-order valence-electron chi connectivity index (χ4n) is 18.7. The van der Waals surface area contributed by atoms with Crippen molar-refractivity contribution >= 4 is 0 Å². The van der Waals surface area contributed by atoms with Crippen LogP contribution in [-0.2, 0) is 0 Å². The third-order valence-corrected chi connectivity index (χ3v) is 22.0. The molecule has 0 saturated heterocycles. The Morgan fingerprint density at radius 3 is 1.60 bits per heavy atom. The predicted molar refractivity (Wildman–Crippen MR) is 215 cm³/mol. The lowest BCUT2D eigenvalue weighted by Gasteiger charge is -2.59. The lowest BCUT2D eigenvalue weighted by molar-refractivity contribution is -0.103. The molecule has 8 rings (SSSR count). The van der Waals surface area contributed by atoms with Gasteiger partial charge in [0.2, 0.25) is 0 Å². The van der Waals surface area contributed by atoms with E-state index in [-0.39, 0.29) is 0 Å².